The van der Waals surface area contributed by atoms with E-state index in [0.717, 1.165) is 18.7 Å². The molecule has 3 rings (SSSR count). The lowest BCUT2D eigenvalue weighted by molar-refractivity contribution is -0.137. The van der Waals surface area contributed by atoms with Crippen molar-refractivity contribution >= 4 is 17.2 Å². The minimum Gasteiger partial charge on any atom is -0.375 e. The van der Waals surface area contributed by atoms with Crippen LogP contribution in [0.25, 0.3) is 11.4 Å². The van der Waals surface area contributed by atoms with Crippen LogP contribution >= 0.6 is 11.3 Å². The van der Waals surface area contributed by atoms with Crippen LogP contribution < -0.4 is 0 Å². The standard InChI is InChI=1S/C14H18N4O3S/c1-20-9-13(19)18-5-3-17(4-6-18)8-12-15-14(16-21-12)11-2-7-22-10-11/h2,7,10H,3-6,8-9H2,1H3. The lowest BCUT2D eigenvalue weighted by Gasteiger charge is -2.33. The Kier molecular flexibility index (Phi) is 4.81. The third-order valence-electron chi connectivity index (χ3n) is 3.60. The molecular formula is C14H18N4O3S. The first-order chi connectivity index (χ1) is 10.8. The maximum Gasteiger partial charge on any atom is 0.248 e. The molecule has 1 fully saturated rings. The molecule has 0 spiro atoms. The summed E-state index contributed by atoms with van der Waals surface area (Å²) in [5, 5.41) is 7.99. The van der Waals surface area contributed by atoms with Crippen molar-refractivity contribution in [2.75, 3.05) is 39.9 Å². The second-order valence-corrected chi connectivity index (χ2v) is 5.89. The molecule has 1 aliphatic heterocycles. The summed E-state index contributed by atoms with van der Waals surface area (Å²) in [6.07, 6.45) is 0. The quantitative estimate of drug-likeness (QED) is 0.820. The Bertz CT molecular complexity index is 605. The van der Waals surface area contributed by atoms with Crippen LogP contribution in [0.2, 0.25) is 0 Å². The fourth-order valence-corrected chi connectivity index (χ4v) is 3.02. The molecule has 22 heavy (non-hydrogen) atoms. The van der Waals surface area contributed by atoms with Gasteiger partial charge in [-0.05, 0) is 11.4 Å². The molecule has 0 unspecified atom stereocenters. The highest BCUT2D eigenvalue weighted by molar-refractivity contribution is 7.08. The lowest BCUT2D eigenvalue weighted by Crippen LogP contribution is -2.49. The summed E-state index contributed by atoms with van der Waals surface area (Å²) in [7, 11) is 1.54. The van der Waals surface area contributed by atoms with Gasteiger partial charge in [0.1, 0.15) is 6.61 Å². The summed E-state index contributed by atoms with van der Waals surface area (Å²) in [4.78, 5) is 20.2. The van der Waals surface area contributed by atoms with Crippen LogP contribution in [0.5, 0.6) is 0 Å². The minimum absolute atomic E-state index is 0.0414. The van der Waals surface area contributed by atoms with Crippen molar-refractivity contribution in [2.45, 2.75) is 6.54 Å². The van der Waals surface area contributed by atoms with Crippen LogP contribution in [0.4, 0.5) is 0 Å². The molecule has 8 heteroatoms. The predicted molar refractivity (Wildman–Crippen MR) is 81.3 cm³/mol. The maximum absolute atomic E-state index is 11.7. The Morgan fingerprint density at radius 3 is 2.91 bits per heavy atom. The van der Waals surface area contributed by atoms with Gasteiger partial charge in [0.25, 0.3) is 0 Å². The molecule has 0 N–H and O–H groups in total. The molecule has 1 saturated heterocycles. The largest absolute Gasteiger partial charge is 0.375 e. The van der Waals surface area contributed by atoms with Crippen LogP contribution in [-0.2, 0) is 16.1 Å². The number of methoxy groups -OCH3 is 1. The Balaban J connectivity index is 1.52. The summed E-state index contributed by atoms with van der Waals surface area (Å²) >= 11 is 1.61. The summed E-state index contributed by atoms with van der Waals surface area (Å²) < 4.78 is 10.2. The smallest absolute Gasteiger partial charge is 0.248 e. The molecule has 0 radical (unpaired) electrons. The van der Waals surface area contributed by atoms with E-state index in [2.05, 4.69) is 15.0 Å². The van der Waals surface area contributed by atoms with Gasteiger partial charge in [0.2, 0.25) is 17.6 Å². The van der Waals surface area contributed by atoms with Crippen LogP contribution in [0, 0.1) is 0 Å². The van der Waals surface area contributed by atoms with Gasteiger partial charge < -0.3 is 14.2 Å². The molecule has 3 heterocycles. The predicted octanol–water partition coefficient (Wildman–Crippen LogP) is 1.09. The van der Waals surface area contributed by atoms with Gasteiger partial charge in [0, 0.05) is 44.2 Å². The Morgan fingerprint density at radius 1 is 1.41 bits per heavy atom. The number of amides is 1. The summed E-state index contributed by atoms with van der Waals surface area (Å²) in [6, 6.07) is 1.97. The summed E-state index contributed by atoms with van der Waals surface area (Å²) in [5.74, 6) is 1.28. The van der Waals surface area contributed by atoms with Crippen molar-refractivity contribution in [3.8, 4) is 11.4 Å². The molecule has 0 atom stereocenters. The first-order valence-electron chi connectivity index (χ1n) is 7.10. The molecule has 0 aliphatic carbocycles. The maximum atomic E-state index is 11.7. The van der Waals surface area contributed by atoms with E-state index < -0.39 is 0 Å². The first kappa shape index (κ1) is 15.1. The average molecular weight is 322 g/mol. The van der Waals surface area contributed by atoms with E-state index in [1.165, 1.54) is 7.11 Å². The van der Waals surface area contributed by atoms with E-state index >= 15 is 0 Å². The zero-order valence-corrected chi connectivity index (χ0v) is 13.2. The topological polar surface area (TPSA) is 71.7 Å². The van der Waals surface area contributed by atoms with Gasteiger partial charge in [-0.25, -0.2) is 0 Å². The van der Waals surface area contributed by atoms with Crippen molar-refractivity contribution in [3.63, 3.8) is 0 Å². The molecular weight excluding hydrogens is 304 g/mol. The monoisotopic (exact) mass is 322 g/mol. The minimum atomic E-state index is 0.0414. The van der Waals surface area contributed by atoms with Crippen LogP contribution in [-0.4, -0.2) is 65.7 Å². The van der Waals surface area contributed by atoms with Crippen molar-refractivity contribution in [3.05, 3.63) is 22.7 Å². The van der Waals surface area contributed by atoms with Crippen LogP contribution in [0.1, 0.15) is 5.89 Å². The number of aromatic nitrogens is 2. The summed E-state index contributed by atoms with van der Waals surface area (Å²) in [5.41, 5.74) is 0.981. The number of thiophene rings is 1. The molecule has 0 bridgehead atoms. The molecule has 0 saturated carbocycles. The van der Waals surface area contributed by atoms with E-state index in [-0.39, 0.29) is 12.5 Å². The second-order valence-electron chi connectivity index (χ2n) is 5.11. The number of nitrogens with zero attached hydrogens (tertiary/aromatic N) is 4. The molecule has 118 valence electrons. The van der Waals surface area contributed by atoms with Crippen molar-refractivity contribution < 1.29 is 14.1 Å². The number of rotatable bonds is 5. The Morgan fingerprint density at radius 2 is 2.23 bits per heavy atom. The highest BCUT2D eigenvalue weighted by atomic mass is 32.1. The number of piperazine rings is 1. The van der Waals surface area contributed by atoms with E-state index in [0.29, 0.717) is 31.3 Å². The molecule has 1 amide bonds. The van der Waals surface area contributed by atoms with Crippen LogP contribution in [0.3, 0.4) is 0 Å². The van der Waals surface area contributed by atoms with E-state index in [1.54, 1.807) is 11.3 Å². The van der Waals surface area contributed by atoms with Gasteiger partial charge in [-0.1, -0.05) is 5.16 Å². The lowest BCUT2D eigenvalue weighted by atomic mass is 10.3. The normalized spacial score (nSPS) is 16.1. The highest BCUT2D eigenvalue weighted by Gasteiger charge is 2.22. The van der Waals surface area contributed by atoms with E-state index in [1.807, 2.05) is 21.7 Å². The Hall–Kier alpha value is -1.77. The number of carbonyl (C=O) groups is 1. The molecule has 7 nitrogen and oxygen atoms in total. The molecule has 1 aliphatic rings. The van der Waals surface area contributed by atoms with E-state index in [4.69, 9.17) is 9.26 Å². The average Bonchev–Trinajstić information content (AvgIpc) is 3.19. The number of hydrogen-bond acceptors (Lipinski definition) is 7. The van der Waals surface area contributed by atoms with Gasteiger partial charge in [0.05, 0.1) is 6.54 Å². The first-order valence-corrected chi connectivity index (χ1v) is 8.05. The zero-order chi connectivity index (χ0) is 15.4. The molecule has 2 aromatic heterocycles. The second kappa shape index (κ2) is 6.99. The number of carbonyl (C=O) groups excluding carboxylic acids is 1. The van der Waals surface area contributed by atoms with Gasteiger partial charge in [-0.2, -0.15) is 16.3 Å². The SMILES string of the molecule is COCC(=O)N1CCN(Cc2nc(-c3ccsc3)no2)CC1. The fourth-order valence-electron chi connectivity index (χ4n) is 2.39. The van der Waals surface area contributed by atoms with Gasteiger partial charge in [0.15, 0.2) is 0 Å². The van der Waals surface area contributed by atoms with Crippen molar-refractivity contribution in [2.24, 2.45) is 0 Å². The highest BCUT2D eigenvalue weighted by Crippen LogP contribution is 2.19. The van der Waals surface area contributed by atoms with Crippen molar-refractivity contribution in [1.82, 2.24) is 19.9 Å². The fraction of sp³-hybridized carbons (Fsp3) is 0.500. The number of ether oxygens (including phenoxy) is 1. The third kappa shape index (κ3) is 3.52. The number of hydrogen-bond donors (Lipinski definition) is 0. The van der Waals surface area contributed by atoms with Gasteiger partial charge in [-0.15, -0.1) is 0 Å². The van der Waals surface area contributed by atoms with Gasteiger partial charge >= 0.3 is 0 Å². The van der Waals surface area contributed by atoms with E-state index in [9.17, 15) is 4.79 Å². The zero-order valence-electron chi connectivity index (χ0n) is 12.4. The third-order valence-corrected chi connectivity index (χ3v) is 4.28. The molecule has 0 aromatic carbocycles. The van der Waals surface area contributed by atoms with Gasteiger partial charge in [-0.3, -0.25) is 9.69 Å². The molecule has 2 aromatic rings. The van der Waals surface area contributed by atoms with Crippen LogP contribution in [0.15, 0.2) is 21.3 Å². The summed E-state index contributed by atoms with van der Waals surface area (Å²) in [6.45, 7) is 3.76. The Labute approximate surface area is 132 Å². The van der Waals surface area contributed by atoms with Crippen molar-refractivity contribution in [1.29, 1.82) is 0 Å².